The SMILES string of the molecule is Cc1nc(Cl)c(C#N)c2c1CC(C)CC2. The monoisotopic (exact) mass is 220 g/mol. The maximum Gasteiger partial charge on any atom is 0.147 e. The van der Waals surface area contributed by atoms with E-state index in [1.807, 2.05) is 6.92 Å². The standard InChI is InChI=1S/C12H13ClN2/c1-7-3-4-9-10(5-7)8(2)15-12(13)11(9)6-14/h7H,3-5H2,1-2H3. The van der Waals surface area contributed by atoms with Crippen LogP contribution in [0.25, 0.3) is 0 Å². The van der Waals surface area contributed by atoms with Crippen molar-refractivity contribution in [1.82, 2.24) is 4.98 Å². The Bertz CT molecular complexity index is 446. The molecule has 3 heteroatoms. The lowest BCUT2D eigenvalue weighted by atomic mass is 9.83. The number of hydrogen-bond donors (Lipinski definition) is 0. The van der Waals surface area contributed by atoms with E-state index in [-0.39, 0.29) is 0 Å². The molecule has 0 spiro atoms. The molecule has 0 saturated heterocycles. The zero-order valence-electron chi connectivity index (χ0n) is 8.97. The summed E-state index contributed by atoms with van der Waals surface area (Å²) in [6.07, 6.45) is 3.13. The molecule has 2 rings (SSSR count). The summed E-state index contributed by atoms with van der Waals surface area (Å²) in [6.45, 7) is 4.22. The average Bonchev–Trinajstić information content (AvgIpc) is 2.19. The maximum absolute atomic E-state index is 9.06. The van der Waals surface area contributed by atoms with Gasteiger partial charge in [0.2, 0.25) is 0 Å². The minimum atomic E-state index is 0.364. The maximum atomic E-state index is 9.06. The molecule has 1 aromatic heterocycles. The number of aromatic nitrogens is 1. The number of aryl methyl sites for hydroxylation is 1. The fourth-order valence-electron chi connectivity index (χ4n) is 2.27. The summed E-state index contributed by atoms with van der Waals surface area (Å²) in [5, 5.41) is 9.42. The van der Waals surface area contributed by atoms with Gasteiger partial charge in [0.25, 0.3) is 0 Å². The van der Waals surface area contributed by atoms with Crippen LogP contribution in [0.15, 0.2) is 0 Å². The smallest absolute Gasteiger partial charge is 0.147 e. The molecule has 1 unspecified atom stereocenters. The molecule has 2 nitrogen and oxygen atoms in total. The molecule has 0 N–H and O–H groups in total. The van der Waals surface area contributed by atoms with Crippen LogP contribution in [0.2, 0.25) is 5.15 Å². The third kappa shape index (κ3) is 1.72. The molecule has 1 aliphatic rings. The Hall–Kier alpha value is -1.07. The Labute approximate surface area is 94.9 Å². The lowest BCUT2D eigenvalue weighted by molar-refractivity contribution is 0.497. The fourth-order valence-corrected chi connectivity index (χ4v) is 2.55. The van der Waals surface area contributed by atoms with Crippen molar-refractivity contribution in [3.63, 3.8) is 0 Å². The van der Waals surface area contributed by atoms with Crippen molar-refractivity contribution in [2.75, 3.05) is 0 Å². The van der Waals surface area contributed by atoms with Gasteiger partial charge in [0.05, 0.1) is 5.56 Å². The van der Waals surface area contributed by atoms with Crippen LogP contribution in [0.4, 0.5) is 0 Å². The highest BCUT2D eigenvalue weighted by molar-refractivity contribution is 6.30. The van der Waals surface area contributed by atoms with E-state index < -0.39 is 0 Å². The molecule has 0 radical (unpaired) electrons. The van der Waals surface area contributed by atoms with Crippen LogP contribution in [0, 0.1) is 24.2 Å². The number of hydrogen-bond acceptors (Lipinski definition) is 2. The molecule has 0 aromatic carbocycles. The Morgan fingerprint density at radius 2 is 2.20 bits per heavy atom. The van der Waals surface area contributed by atoms with E-state index in [2.05, 4.69) is 18.0 Å². The van der Waals surface area contributed by atoms with Crippen LogP contribution in [0.1, 0.15) is 35.7 Å². The molecule has 1 aromatic rings. The minimum Gasteiger partial charge on any atom is -0.240 e. The normalized spacial score (nSPS) is 19.5. The second-order valence-electron chi connectivity index (χ2n) is 4.28. The van der Waals surface area contributed by atoms with E-state index in [4.69, 9.17) is 16.9 Å². The minimum absolute atomic E-state index is 0.364. The highest BCUT2D eigenvalue weighted by Crippen LogP contribution is 2.31. The summed E-state index contributed by atoms with van der Waals surface area (Å²) in [5.74, 6) is 0.686. The lowest BCUT2D eigenvalue weighted by Crippen LogP contribution is -2.15. The average molecular weight is 221 g/mol. The van der Waals surface area contributed by atoms with Crippen molar-refractivity contribution in [3.05, 3.63) is 27.5 Å². The molecule has 1 heterocycles. The van der Waals surface area contributed by atoms with Gasteiger partial charge in [-0.1, -0.05) is 18.5 Å². The lowest BCUT2D eigenvalue weighted by Gasteiger charge is -2.23. The van der Waals surface area contributed by atoms with Gasteiger partial charge < -0.3 is 0 Å². The second kappa shape index (κ2) is 3.83. The molecule has 0 fully saturated rings. The summed E-state index contributed by atoms with van der Waals surface area (Å²) >= 11 is 5.97. The van der Waals surface area contributed by atoms with E-state index in [1.54, 1.807) is 0 Å². The molecule has 78 valence electrons. The molecule has 0 bridgehead atoms. The predicted octanol–water partition coefficient (Wildman–Crippen LogP) is 3.04. The Kier molecular flexibility index (Phi) is 2.67. The zero-order chi connectivity index (χ0) is 11.0. The summed E-state index contributed by atoms with van der Waals surface area (Å²) in [5.41, 5.74) is 3.95. The largest absolute Gasteiger partial charge is 0.240 e. The molecule has 15 heavy (non-hydrogen) atoms. The second-order valence-corrected chi connectivity index (χ2v) is 4.64. The van der Waals surface area contributed by atoms with Crippen molar-refractivity contribution < 1.29 is 0 Å². The number of nitrogens with zero attached hydrogens (tertiary/aromatic N) is 2. The van der Waals surface area contributed by atoms with Crippen LogP contribution < -0.4 is 0 Å². The Balaban J connectivity index is 2.63. The van der Waals surface area contributed by atoms with E-state index >= 15 is 0 Å². The van der Waals surface area contributed by atoms with Crippen LogP contribution in [0.3, 0.4) is 0 Å². The Morgan fingerprint density at radius 1 is 1.47 bits per heavy atom. The first kappa shape index (κ1) is 10.4. The van der Waals surface area contributed by atoms with Crippen molar-refractivity contribution in [2.45, 2.75) is 33.1 Å². The van der Waals surface area contributed by atoms with Gasteiger partial charge in [-0.25, -0.2) is 4.98 Å². The van der Waals surface area contributed by atoms with Gasteiger partial charge in [-0.2, -0.15) is 5.26 Å². The summed E-state index contributed by atoms with van der Waals surface area (Å²) in [7, 11) is 0. The van der Waals surface area contributed by atoms with Crippen LogP contribution in [0.5, 0.6) is 0 Å². The molecule has 0 aliphatic heterocycles. The summed E-state index contributed by atoms with van der Waals surface area (Å²) in [6, 6.07) is 2.17. The quantitative estimate of drug-likeness (QED) is 0.631. The third-order valence-electron chi connectivity index (χ3n) is 3.13. The van der Waals surface area contributed by atoms with Crippen LogP contribution >= 0.6 is 11.6 Å². The van der Waals surface area contributed by atoms with Gasteiger partial charge in [-0.3, -0.25) is 0 Å². The van der Waals surface area contributed by atoms with E-state index in [1.165, 1.54) is 5.56 Å². The Morgan fingerprint density at radius 3 is 2.87 bits per heavy atom. The summed E-state index contributed by atoms with van der Waals surface area (Å²) < 4.78 is 0. The van der Waals surface area contributed by atoms with Crippen molar-refractivity contribution in [1.29, 1.82) is 5.26 Å². The number of nitriles is 1. The predicted molar refractivity (Wildman–Crippen MR) is 59.9 cm³/mol. The van der Waals surface area contributed by atoms with Crippen molar-refractivity contribution in [2.24, 2.45) is 5.92 Å². The van der Waals surface area contributed by atoms with Gasteiger partial charge >= 0.3 is 0 Å². The molecule has 0 amide bonds. The number of fused-ring (bicyclic) bond motifs is 1. The first-order valence-electron chi connectivity index (χ1n) is 5.21. The fraction of sp³-hybridized carbons (Fsp3) is 0.500. The van der Waals surface area contributed by atoms with Gasteiger partial charge in [0.1, 0.15) is 11.2 Å². The van der Waals surface area contributed by atoms with E-state index in [0.717, 1.165) is 30.5 Å². The molecular formula is C12H13ClN2. The molecule has 0 saturated carbocycles. The number of pyridine rings is 1. The molecule has 1 aliphatic carbocycles. The van der Waals surface area contributed by atoms with Crippen molar-refractivity contribution >= 4 is 11.6 Å². The van der Waals surface area contributed by atoms with E-state index in [9.17, 15) is 0 Å². The first-order chi connectivity index (χ1) is 7.13. The van der Waals surface area contributed by atoms with Gasteiger partial charge in [-0.05, 0) is 43.2 Å². The highest BCUT2D eigenvalue weighted by atomic mass is 35.5. The topological polar surface area (TPSA) is 36.7 Å². The third-order valence-corrected chi connectivity index (χ3v) is 3.40. The zero-order valence-corrected chi connectivity index (χ0v) is 9.73. The van der Waals surface area contributed by atoms with E-state index in [0.29, 0.717) is 16.6 Å². The first-order valence-corrected chi connectivity index (χ1v) is 5.59. The molecule has 1 atom stereocenters. The van der Waals surface area contributed by atoms with Gasteiger partial charge in [-0.15, -0.1) is 0 Å². The number of rotatable bonds is 0. The highest BCUT2D eigenvalue weighted by Gasteiger charge is 2.22. The van der Waals surface area contributed by atoms with Crippen LogP contribution in [-0.4, -0.2) is 4.98 Å². The molecular weight excluding hydrogens is 208 g/mol. The van der Waals surface area contributed by atoms with Crippen molar-refractivity contribution in [3.8, 4) is 6.07 Å². The van der Waals surface area contributed by atoms with Gasteiger partial charge in [0.15, 0.2) is 0 Å². The number of halogens is 1. The summed E-state index contributed by atoms with van der Waals surface area (Å²) in [4.78, 5) is 4.24. The van der Waals surface area contributed by atoms with Crippen LogP contribution in [-0.2, 0) is 12.8 Å². The van der Waals surface area contributed by atoms with Gasteiger partial charge in [0, 0.05) is 5.69 Å².